The Balaban J connectivity index is 1.77. The number of pyridine rings is 1. The van der Waals surface area contributed by atoms with Gasteiger partial charge in [-0.1, -0.05) is 12.1 Å². The maximum atomic E-state index is 14.8. The second-order valence-electron chi connectivity index (χ2n) is 9.36. The van der Waals surface area contributed by atoms with Crippen LogP contribution in [-0.2, 0) is 10.7 Å². The molecule has 1 fully saturated rings. The fourth-order valence-corrected chi connectivity index (χ4v) is 4.92. The van der Waals surface area contributed by atoms with Gasteiger partial charge in [-0.25, -0.2) is 14.2 Å². The van der Waals surface area contributed by atoms with Crippen molar-refractivity contribution in [1.82, 2.24) is 4.98 Å². The molecule has 3 aromatic rings. The van der Waals surface area contributed by atoms with Crippen LogP contribution in [0.4, 0.5) is 24.7 Å². The molecule has 0 aliphatic carbocycles. The van der Waals surface area contributed by atoms with Crippen molar-refractivity contribution in [1.29, 1.82) is 5.26 Å². The highest BCUT2D eigenvalue weighted by atomic mass is 19.3. The molecule has 3 heterocycles. The van der Waals surface area contributed by atoms with Crippen molar-refractivity contribution in [2.75, 3.05) is 29.9 Å². The van der Waals surface area contributed by atoms with Gasteiger partial charge in [0.1, 0.15) is 17.7 Å². The largest absolute Gasteiger partial charge is 0.478 e. The van der Waals surface area contributed by atoms with Gasteiger partial charge in [0.2, 0.25) is 0 Å². The topological polar surface area (TPSA) is 124 Å². The molecule has 0 radical (unpaired) electrons. The number of nitrogens with two attached hydrogens (primary N) is 1. The Hall–Kier alpha value is -4.43. The van der Waals surface area contributed by atoms with Crippen LogP contribution in [0.25, 0.3) is 22.4 Å². The molecule has 1 amide bonds. The fourth-order valence-electron chi connectivity index (χ4n) is 4.92. The van der Waals surface area contributed by atoms with E-state index in [0.29, 0.717) is 31.7 Å². The summed E-state index contributed by atoms with van der Waals surface area (Å²) in [6, 6.07) is 10.6. The van der Waals surface area contributed by atoms with Crippen LogP contribution in [0.5, 0.6) is 0 Å². The highest BCUT2D eigenvalue weighted by molar-refractivity contribution is 6.07. The lowest BCUT2D eigenvalue weighted by Gasteiger charge is -2.32. The van der Waals surface area contributed by atoms with E-state index in [-0.39, 0.29) is 45.2 Å². The Kier molecular flexibility index (Phi) is 6.07. The van der Waals surface area contributed by atoms with Gasteiger partial charge in [-0.2, -0.15) is 14.0 Å². The Morgan fingerprint density at radius 2 is 1.84 bits per heavy atom. The first-order valence-electron chi connectivity index (χ1n) is 11.8. The number of amides is 1. The van der Waals surface area contributed by atoms with Crippen molar-refractivity contribution in [2.24, 2.45) is 5.73 Å². The van der Waals surface area contributed by atoms with E-state index >= 15 is 0 Å². The molecule has 3 N–H and O–H groups in total. The predicted octanol–water partition coefficient (Wildman–Crippen LogP) is 4.12. The molecular weight excluding hydrogens is 499 g/mol. The number of piperidine rings is 1. The van der Waals surface area contributed by atoms with Crippen LogP contribution in [0.1, 0.15) is 34.3 Å². The molecule has 8 nitrogen and oxygen atoms in total. The number of likely N-dealkylation sites (N-methyl/N-ethyl adjacent to an activating group) is 1. The van der Waals surface area contributed by atoms with E-state index in [4.69, 9.17) is 11.0 Å². The molecule has 2 aliphatic heterocycles. The van der Waals surface area contributed by atoms with Gasteiger partial charge in [-0.05, 0) is 48.7 Å². The number of aromatic nitrogens is 1. The zero-order chi connectivity index (χ0) is 27.4. The number of hydrogen-bond donors (Lipinski definition) is 2. The van der Waals surface area contributed by atoms with Crippen molar-refractivity contribution in [3.63, 3.8) is 0 Å². The van der Waals surface area contributed by atoms with E-state index in [1.165, 1.54) is 37.4 Å². The zero-order valence-corrected chi connectivity index (χ0v) is 20.2. The van der Waals surface area contributed by atoms with Crippen LogP contribution < -0.4 is 15.5 Å². The molecule has 0 atom stereocenters. The minimum absolute atomic E-state index is 0.000766. The number of carbonyl (C=O) groups is 2. The van der Waals surface area contributed by atoms with Crippen LogP contribution in [0.2, 0.25) is 0 Å². The second kappa shape index (κ2) is 9.15. The minimum Gasteiger partial charge on any atom is -0.478 e. The summed E-state index contributed by atoms with van der Waals surface area (Å²) in [6.07, 6.45) is 1.32. The Morgan fingerprint density at radius 3 is 2.47 bits per heavy atom. The number of alkyl halides is 2. The van der Waals surface area contributed by atoms with Gasteiger partial charge in [0.15, 0.2) is 0 Å². The molecule has 1 aromatic heterocycles. The maximum Gasteiger partial charge on any atom is 0.352 e. The molecule has 38 heavy (non-hydrogen) atoms. The Labute approximate surface area is 215 Å². The van der Waals surface area contributed by atoms with Gasteiger partial charge in [0.05, 0.1) is 28.1 Å². The lowest BCUT2D eigenvalue weighted by atomic mass is 9.92. The first-order valence-corrected chi connectivity index (χ1v) is 11.8. The third-order valence-electron chi connectivity index (χ3n) is 7.02. The highest BCUT2D eigenvalue weighted by Crippen LogP contribution is 2.46. The third kappa shape index (κ3) is 4.03. The van der Waals surface area contributed by atoms with E-state index in [9.17, 15) is 27.9 Å². The quantitative estimate of drug-likeness (QED) is 0.529. The number of fused-ring (bicyclic) bond motifs is 1. The summed E-state index contributed by atoms with van der Waals surface area (Å²) < 4.78 is 44.3. The van der Waals surface area contributed by atoms with Gasteiger partial charge in [-0.15, -0.1) is 0 Å². The molecule has 5 rings (SSSR count). The second-order valence-corrected chi connectivity index (χ2v) is 9.36. The van der Waals surface area contributed by atoms with Crippen LogP contribution in [0, 0.1) is 17.1 Å². The molecule has 2 aliphatic rings. The summed E-state index contributed by atoms with van der Waals surface area (Å²) in [4.78, 5) is 32.0. The summed E-state index contributed by atoms with van der Waals surface area (Å²) in [5.41, 5.74) is 5.26. The number of carboxylic acids is 1. The third-order valence-corrected chi connectivity index (χ3v) is 7.02. The number of nitriles is 1. The number of carboxylic acid groups (broad SMARTS) is 1. The minimum atomic E-state index is -3.80. The van der Waals surface area contributed by atoms with E-state index in [1.54, 1.807) is 6.07 Å². The highest BCUT2D eigenvalue weighted by Gasteiger charge is 2.51. The molecule has 2 aromatic carbocycles. The molecule has 0 spiro atoms. The molecule has 11 heteroatoms. The van der Waals surface area contributed by atoms with Crippen LogP contribution >= 0.6 is 0 Å². The summed E-state index contributed by atoms with van der Waals surface area (Å²) in [5.74, 6) is -7.05. The lowest BCUT2D eigenvalue weighted by Crippen LogP contribution is -2.40. The standard InChI is InChI=1S/C27H22F3N5O3/c1-34-21-5-4-14(10-19(21)27(29,30)26(34)38)23-18(25(36)37)12-22(35-8-6-17(32)7-9-35)33-24(23)15-2-3-16(13-31)20(28)11-15/h2-5,10-12,17H,6-9,32H2,1H3,(H,36,37). The van der Waals surface area contributed by atoms with Gasteiger partial charge in [0, 0.05) is 37.3 Å². The maximum absolute atomic E-state index is 14.8. The number of benzene rings is 2. The number of aromatic carboxylic acids is 1. The summed E-state index contributed by atoms with van der Waals surface area (Å²) in [6.45, 7) is 1.04. The fraction of sp³-hybridized carbons (Fsp3) is 0.259. The normalized spacial score (nSPS) is 16.9. The molecule has 0 unspecified atom stereocenters. The zero-order valence-electron chi connectivity index (χ0n) is 20.2. The van der Waals surface area contributed by atoms with Crippen molar-refractivity contribution in [3.8, 4) is 28.5 Å². The van der Waals surface area contributed by atoms with Crippen molar-refractivity contribution >= 4 is 23.4 Å². The van der Waals surface area contributed by atoms with Crippen LogP contribution in [0.3, 0.4) is 0 Å². The van der Waals surface area contributed by atoms with Gasteiger partial charge >= 0.3 is 17.8 Å². The Bertz CT molecular complexity index is 1530. The molecule has 1 saturated heterocycles. The number of carbonyl (C=O) groups excluding carboxylic acids is 1. The number of anilines is 2. The van der Waals surface area contributed by atoms with Gasteiger partial charge in [-0.3, -0.25) is 4.79 Å². The van der Waals surface area contributed by atoms with Crippen LogP contribution in [-0.4, -0.2) is 48.1 Å². The predicted molar refractivity (Wildman–Crippen MR) is 133 cm³/mol. The molecule has 194 valence electrons. The first kappa shape index (κ1) is 25.2. The summed E-state index contributed by atoms with van der Waals surface area (Å²) >= 11 is 0. The molecular formula is C27H22F3N5O3. The van der Waals surface area contributed by atoms with E-state index in [2.05, 4.69) is 4.98 Å². The average Bonchev–Trinajstić information content (AvgIpc) is 3.07. The molecule has 0 bridgehead atoms. The smallest absolute Gasteiger partial charge is 0.352 e. The number of hydrogen-bond acceptors (Lipinski definition) is 6. The Morgan fingerprint density at radius 1 is 1.16 bits per heavy atom. The monoisotopic (exact) mass is 521 g/mol. The van der Waals surface area contributed by atoms with Gasteiger partial charge < -0.3 is 20.6 Å². The van der Waals surface area contributed by atoms with E-state index < -0.39 is 29.2 Å². The summed E-state index contributed by atoms with van der Waals surface area (Å²) in [7, 11) is 1.23. The van der Waals surface area contributed by atoms with Crippen molar-refractivity contribution in [3.05, 3.63) is 65.0 Å². The summed E-state index contributed by atoms with van der Waals surface area (Å²) in [5, 5.41) is 19.3. The lowest BCUT2D eigenvalue weighted by molar-refractivity contribution is -0.141. The van der Waals surface area contributed by atoms with E-state index in [0.717, 1.165) is 17.0 Å². The van der Waals surface area contributed by atoms with Crippen molar-refractivity contribution in [2.45, 2.75) is 24.8 Å². The number of rotatable bonds is 4. The van der Waals surface area contributed by atoms with E-state index in [1.807, 2.05) is 4.90 Å². The average molecular weight is 521 g/mol. The molecule has 0 saturated carbocycles. The van der Waals surface area contributed by atoms with Gasteiger partial charge in [0.25, 0.3) is 0 Å². The first-order chi connectivity index (χ1) is 18.0. The van der Waals surface area contributed by atoms with Crippen molar-refractivity contribution < 1.29 is 27.9 Å². The van der Waals surface area contributed by atoms with Crippen LogP contribution in [0.15, 0.2) is 42.5 Å². The SMILES string of the molecule is CN1C(=O)C(F)(F)c2cc(-c3c(C(=O)O)cc(N4CCC(N)CC4)nc3-c3ccc(C#N)c(F)c3)ccc21. The number of nitrogens with zero attached hydrogens (tertiary/aromatic N) is 4. The number of halogens is 3.